The fourth-order valence-electron chi connectivity index (χ4n) is 1.69. The van der Waals surface area contributed by atoms with Gasteiger partial charge < -0.3 is 0 Å². The Labute approximate surface area is 105 Å². The average molecular weight is 249 g/mol. The number of halogens is 1. The number of rotatable bonds is 2. The van der Waals surface area contributed by atoms with Gasteiger partial charge in [0.15, 0.2) is 0 Å². The second-order valence-electron chi connectivity index (χ2n) is 4.08. The van der Waals surface area contributed by atoms with Crippen LogP contribution in [-0.4, -0.2) is 9.55 Å². The molecule has 0 saturated heterocycles. The highest BCUT2D eigenvalue weighted by atomic mass is 35.5. The van der Waals surface area contributed by atoms with E-state index in [9.17, 15) is 4.79 Å². The van der Waals surface area contributed by atoms with E-state index in [1.54, 1.807) is 0 Å². The molecule has 2 rings (SSSR count). The summed E-state index contributed by atoms with van der Waals surface area (Å²) in [4.78, 5) is 16.2. The third-order valence-electron chi connectivity index (χ3n) is 2.50. The summed E-state index contributed by atoms with van der Waals surface area (Å²) < 4.78 is 1.47. The monoisotopic (exact) mass is 248 g/mol. The number of nitrogens with zero attached hydrogens (tertiary/aromatic N) is 2. The van der Waals surface area contributed by atoms with Crippen LogP contribution in [0.2, 0.25) is 5.28 Å². The van der Waals surface area contributed by atoms with Gasteiger partial charge in [0.1, 0.15) is 0 Å². The fraction of sp³-hybridized carbons (Fsp3) is 0.231. The van der Waals surface area contributed by atoms with Crippen LogP contribution in [-0.2, 0) is 0 Å². The minimum Gasteiger partial charge on any atom is -0.281 e. The van der Waals surface area contributed by atoms with Gasteiger partial charge >= 0.3 is 0 Å². The largest absolute Gasteiger partial charge is 0.281 e. The van der Waals surface area contributed by atoms with Crippen LogP contribution >= 0.6 is 11.6 Å². The lowest BCUT2D eigenvalue weighted by Gasteiger charge is -2.12. The van der Waals surface area contributed by atoms with E-state index >= 15 is 0 Å². The van der Waals surface area contributed by atoms with Gasteiger partial charge in [-0.1, -0.05) is 30.3 Å². The van der Waals surface area contributed by atoms with Crippen molar-refractivity contribution in [2.75, 3.05) is 0 Å². The molecular weight excluding hydrogens is 236 g/mol. The highest BCUT2D eigenvalue weighted by Crippen LogP contribution is 2.18. The Hall–Kier alpha value is -1.61. The molecule has 3 nitrogen and oxygen atoms in total. The summed E-state index contributed by atoms with van der Waals surface area (Å²) in [7, 11) is 0. The molecule has 1 heterocycles. The molecule has 0 radical (unpaired) electrons. The number of benzene rings is 1. The van der Waals surface area contributed by atoms with Crippen molar-refractivity contribution in [1.29, 1.82) is 0 Å². The molecule has 0 bridgehead atoms. The van der Waals surface area contributed by atoms with Crippen LogP contribution in [0, 0.1) is 0 Å². The summed E-state index contributed by atoms with van der Waals surface area (Å²) in [5.41, 5.74) is 1.37. The third-order valence-corrected chi connectivity index (χ3v) is 2.76. The van der Waals surface area contributed by atoms with Crippen LogP contribution in [0.15, 0.2) is 41.2 Å². The minimum absolute atomic E-state index is 0.00678. The first-order valence-corrected chi connectivity index (χ1v) is 5.82. The molecule has 88 valence electrons. The second-order valence-corrected chi connectivity index (χ2v) is 4.42. The van der Waals surface area contributed by atoms with Crippen LogP contribution in [0.3, 0.4) is 0 Å². The molecule has 4 heteroatoms. The number of aromatic nitrogens is 2. The summed E-state index contributed by atoms with van der Waals surface area (Å²) in [5, 5.41) is 0.228. The van der Waals surface area contributed by atoms with Crippen molar-refractivity contribution in [1.82, 2.24) is 9.55 Å². The van der Waals surface area contributed by atoms with Gasteiger partial charge in [-0.3, -0.25) is 9.36 Å². The molecule has 0 unspecified atom stereocenters. The van der Waals surface area contributed by atoms with Gasteiger partial charge in [-0.2, -0.15) is 0 Å². The lowest BCUT2D eigenvalue weighted by atomic mass is 10.1. The molecule has 0 spiro atoms. The van der Waals surface area contributed by atoms with Gasteiger partial charge in [-0.25, -0.2) is 4.98 Å². The van der Waals surface area contributed by atoms with E-state index < -0.39 is 0 Å². The predicted octanol–water partition coefficient (Wildman–Crippen LogP) is 3.14. The Morgan fingerprint density at radius 1 is 1.24 bits per heavy atom. The van der Waals surface area contributed by atoms with Gasteiger partial charge in [0, 0.05) is 17.7 Å². The first-order valence-electron chi connectivity index (χ1n) is 5.44. The van der Waals surface area contributed by atoms with E-state index in [2.05, 4.69) is 4.98 Å². The Morgan fingerprint density at radius 3 is 2.41 bits per heavy atom. The van der Waals surface area contributed by atoms with Crippen molar-refractivity contribution < 1.29 is 0 Å². The van der Waals surface area contributed by atoms with Crippen LogP contribution in [0.1, 0.15) is 19.9 Å². The Balaban J connectivity index is 2.58. The van der Waals surface area contributed by atoms with E-state index in [0.717, 1.165) is 5.56 Å². The normalized spacial score (nSPS) is 10.8. The maximum Gasteiger partial charge on any atom is 0.255 e. The van der Waals surface area contributed by atoms with Gasteiger partial charge in [0.05, 0.1) is 5.69 Å². The fourth-order valence-corrected chi connectivity index (χ4v) is 2.06. The molecule has 0 saturated carbocycles. The topological polar surface area (TPSA) is 34.9 Å². The maximum atomic E-state index is 11.9. The van der Waals surface area contributed by atoms with E-state index in [-0.39, 0.29) is 16.9 Å². The van der Waals surface area contributed by atoms with Crippen LogP contribution < -0.4 is 5.56 Å². The molecule has 0 aliphatic heterocycles. The standard InChI is InChI=1S/C13H13ClN2O/c1-9(2)16-12(17)8-11(15-13(16)14)10-6-4-3-5-7-10/h3-9H,1-2H3. The quantitative estimate of drug-likeness (QED) is 0.766. The lowest BCUT2D eigenvalue weighted by molar-refractivity contribution is 0.569. The predicted molar refractivity (Wildman–Crippen MR) is 69.3 cm³/mol. The summed E-state index contributed by atoms with van der Waals surface area (Å²) in [5.74, 6) is 0. The Kier molecular flexibility index (Phi) is 3.29. The minimum atomic E-state index is -0.126. The van der Waals surface area contributed by atoms with Gasteiger partial charge in [-0.05, 0) is 25.4 Å². The summed E-state index contributed by atoms with van der Waals surface area (Å²) in [6, 6.07) is 11.0. The Bertz CT molecular complexity index is 576. The highest BCUT2D eigenvalue weighted by molar-refractivity contribution is 6.28. The van der Waals surface area contributed by atoms with Crippen LogP contribution in [0.5, 0.6) is 0 Å². The lowest BCUT2D eigenvalue weighted by Crippen LogP contribution is -2.23. The van der Waals surface area contributed by atoms with Crippen LogP contribution in [0.4, 0.5) is 0 Å². The molecule has 17 heavy (non-hydrogen) atoms. The molecule has 0 fully saturated rings. The van der Waals surface area contributed by atoms with Gasteiger partial charge in [0.25, 0.3) is 5.56 Å². The van der Waals surface area contributed by atoms with Gasteiger partial charge in [-0.15, -0.1) is 0 Å². The van der Waals surface area contributed by atoms with E-state index in [1.807, 2.05) is 44.2 Å². The van der Waals surface area contributed by atoms with E-state index in [1.165, 1.54) is 10.6 Å². The molecule has 0 N–H and O–H groups in total. The van der Waals surface area contributed by atoms with Crippen molar-refractivity contribution in [2.24, 2.45) is 0 Å². The van der Waals surface area contributed by atoms with Crippen molar-refractivity contribution in [3.63, 3.8) is 0 Å². The SMILES string of the molecule is CC(C)n1c(Cl)nc(-c2ccccc2)cc1=O. The molecule has 1 aromatic heterocycles. The third kappa shape index (κ3) is 2.39. The second kappa shape index (κ2) is 4.72. The molecular formula is C13H13ClN2O. The zero-order valence-corrected chi connectivity index (χ0v) is 10.5. The van der Waals surface area contributed by atoms with Crippen LogP contribution in [0.25, 0.3) is 11.3 Å². The zero-order valence-electron chi connectivity index (χ0n) is 9.72. The van der Waals surface area contributed by atoms with Gasteiger partial charge in [0.2, 0.25) is 5.28 Å². The first kappa shape index (κ1) is 11.9. The molecule has 2 aromatic rings. The zero-order chi connectivity index (χ0) is 12.4. The summed E-state index contributed by atoms with van der Waals surface area (Å²) in [6.07, 6.45) is 0. The molecule has 0 amide bonds. The summed E-state index contributed by atoms with van der Waals surface area (Å²) >= 11 is 6.03. The van der Waals surface area contributed by atoms with Crippen molar-refractivity contribution >= 4 is 11.6 Å². The highest BCUT2D eigenvalue weighted by Gasteiger charge is 2.10. The Morgan fingerprint density at radius 2 is 1.88 bits per heavy atom. The number of hydrogen-bond donors (Lipinski definition) is 0. The van der Waals surface area contributed by atoms with E-state index in [0.29, 0.717) is 5.69 Å². The molecule has 1 aromatic carbocycles. The smallest absolute Gasteiger partial charge is 0.255 e. The molecule has 0 atom stereocenters. The molecule has 0 aliphatic carbocycles. The van der Waals surface area contributed by atoms with Crippen molar-refractivity contribution in [3.8, 4) is 11.3 Å². The number of hydrogen-bond acceptors (Lipinski definition) is 2. The van der Waals surface area contributed by atoms with Crippen molar-refractivity contribution in [3.05, 3.63) is 52.0 Å². The van der Waals surface area contributed by atoms with Crippen molar-refractivity contribution in [2.45, 2.75) is 19.9 Å². The average Bonchev–Trinajstić information content (AvgIpc) is 2.28. The first-order chi connectivity index (χ1) is 8.09. The molecule has 0 aliphatic rings. The summed E-state index contributed by atoms with van der Waals surface area (Å²) in [6.45, 7) is 3.80. The maximum absolute atomic E-state index is 11.9. The van der Waals surface area contributed by atoms with E-state index in [4.69, 9.17) is 11.6 Å².